The van der Waals surface area contributed by atoms with Gasteiger partial charge in [0.25, 0.3) is 0 Å². The van der Waals surface area contributed by atoms with Crippen LogP contribution in [0, 0.1) is 0 Å². The Labute approximate surface area is 134 Å². The summed E-state index contributed by atoms with van der Waals surface area (Å²) >= 11 is 3.68. The van der Waals surface area contributed by atoms with Gasteiger partial charge in [0.1, 0.15) is 0 Å². The van der Waals surface area contributed by atoms with E-state index >= 15 is 0 Å². The molecular weight excluding hydrogens is 330 g/mol. The summed E-state index contributed by atoms with van der Waals surface area (Å²) in [4.78, 5) is 0. The minimum Gasteiger partial charge on any atom is -0.322 e. The van der Waals surface area contributed by atoms with E-state index in [0.717, 1.165) is 47.4 Å². The Morgan fingerprint density at radius 2 is 1.95 bits per heavy atom. The van der Waals surface area contributed by atoms with Crippen LogP contribution in [0.15, 0.2) is 10.5 Å². The molecular formula is C15H24BrN5. The normalized spacial score (nSPS) is 12.9. The highest BCUT2D eigenvalue weighted by Gasteiger charge is 2.19. The summed E-state index contributed by atoms with van der Waals surface area (Å²) in [5, 5.41) is 9.11. The molecule has 21 heavy (non-hydrogen) atoms. The Balaban J connectivity index is 2.28. The van der Waals surface area contributed by atoms with Crippen molar-refractivity contribution in [3.05, 3.63) is 33.3 Å². The summed E-state index contributed by atoms with van der Waals surface area (Å²) in [6, 6.07) is 2.03. The highest BCUT2D eigenvalue weighted by molar-refractivity contribution is 9.10. The largest absolute Gasteiger partial charge is 0.322 e. The lowest BCUT2D eigenvalue weighted by Gasteiger charge is -2.13. The van der Waals surface area contributed by atoms with E-state index in [2.05, 4.69) is 53.0 Å². The Bertz CT molecular complexity index is 614. The van der Waals surface area contributed by atoms with Gasteiger partial charge in [-0.2, -0.15) is 10.2 Å². The van der Waals surface area contributed by atoms with Crippen molar-refractivity contribution in [1.29, 1.82) is 0 Å². The fraction of sp³-hybridized carbons (Fsp3) is 0.600. The van der Waals surface area contributed by atoms with Crippen LogP contribution in [0.4, 0.5) is 0 Å². The molecule has 1 atom stereocenters. The highest BCUT2D eigenvalue weighted by atomic mass is 79.9. The molecule has 0 saturated heterocycles. The predicted molar refractivity (Wildman–Crippen MR) is 88.2 cm³/mol. The summed E-state index contributed by atoms with van der Waals surface area (Å²) in [5.41, 5.74) is 10.8. The van der Waals surface area contributed by atoms with Crippen molar-refractivity contribution in [3.63, 3.8) is 0 Å². The lowest BCUT2D eigenvalue weighted by molar-refractivity contribution is 0.560. The van der Waals surface area contributed by atoms with Crippen LogP contribution in [0.5, 0.6) is 0 Å². The van der Waals surface area contributed by atoms with Crippen LogP contribution in [0.2, 0.25) is 0 Å². The molecule has 0 aromatic carbocycles. The van der Waals surface area contributed by atoms with E-state index in [1.165, 1.54) is 5.69 Å². The van der Waals surface area contributed by atoms with Crippen molar-refractivity contribution < 1.29 is 0 Å². The fourth-order valence-corrected chi connectivity index (χ4v) is 3.31. The number of halogens is 1. The Morgan fingerprint density at radius 1 is 1.24 bits per heavy atom. The topological polar surface area (TPSA) is 61.7 Å². The molecule has 1 unspecified atom stereocenters. The van der Waals surface area contributed by atoms with E-state index in [9.17, 15) is 0 Å². The van der Waals surface area contributed by atoms with Crippen molar-refractivity contribution in [2.75, 3.05) is 0 Å². The zero-order valence-electron chi connectivity index (χ0n) is 13.2. The molecule has 116 valence electrons. The summed E-state index contributed by atoms with van der Waals surface area (Å²) in [5.74, 6) is 0. The third kappa shape index (κ3) is 3.21. The zero-order chi connectivity index (χ0) is 15.6. The average molecular weight is 354 g/mol. The van der Waals surface area contributed by atoms with E-state index < -0.39 is 0 Å². The molecule has 0 saturated carbocycles. The van der Waals surface area contributed by atoms with Gasteiger partial charge in [0.05, 0.1) is 33.3 Å². The second kappa shape index (κ2) is 6.75. The summed E-state index contributed by atoms with van der Waals surface area (Å²) in [6.07, 6.45) is 2.60. The van der Waals surface area contributed by atoms with Gasteiger partial charge in [0, 0.05) is 20.0 Å². The number of nitrogens with two attached hydrogens (primary N) is 1. The van der Waals surface area contributed by atoms with Gasteiger partial charge in [-0.25, -0.2) is 0 Å². The number of nitrogens with zero attached hydrogens (tertiary/aromatic N) is 4. The van der Waals surface area contributed by atoms with Gasteiger partial charge in [0.15, 0.2) is 0 Å². The summed E-state index contributed by atoms with van der Waals surface area (Å²) < 4.78 is 5.03. The average Bonchev–Trinajstić information content (AvgIpc) is 3.00. The number of hydrogen-bond donors (Lipinski definition) is 1. The molecule has 2 N–H and O–H groups in total. The first-order valence-corrected chi connectivity index (χ1v) is 8.33. The van der Waals surface area contributed by atoms with Crippen molar-refractivity contribution in [2.45, 2.75) is 52.6 Å². The van der Waals surface area contributed by atoms with Crippen molar-refractivity contribution >= 4 is 15.9 Å². The molecule has 0 fully saturated rings. The Kier molecular flexibility index (Phi) is 5.22. The molecule has 2 aromatic rings. The van der Waals surface area contributed by atoms with Crippen molar-refractivity contribution in [2.24, 2.45) is 12.8 Å². The van der Waals surface area contributed by atoms with Gasteiger partial charge >= 0.3 is 0 Å². The van der Waals surface area contributed by atoms with Gasteiger partial charge in [-0.05, 0) is 41.8 Å². The van der Waals surface area contributed by atoms with E-state index in [1.54, 1.807) is 0 Å². The predicted octanol–water partition coefficient (Wildman–Crippen LogP) is 2.77. The molecule has 2 aromatic heterocycles. The molecule has 0 amide bonds. The van der Waals surface area contributed by atoms with Gasteiger partial charge in [-0.15, -0.1) is 0 Å². The molecule has 0 radical (unpaired) electrons. The quantitative estimate of drug-likeness (QED) is 0.868. The van der Waals surface area contributed by atoms with Crippen LogP contribution in [0.25, 0.3) is 0 Å². The molecule has 2 heterocycles. The highest BCUT2D eigenvalue weighted by Crippen LogP contribution is 2.26. The maximum atomic E-state index is 6.42. The fourth-order valence-electron chi connectivity index (χ4n) is 2.59. The summed E-state index contributed by atoms with van der Waals surface area (Å²) in [7, 11) is 1.96. The van der Waals surface area contributed by atoms with Gasteiger partial charge < -0.3 is 5.73 Å². The van der Waals surface area contributed by atoms with Crippen molar-refractivity contribution in [3.8, 4) is 0 Å². The van der Waals surface area contributed by atoms with Crippen LogP contribution in [0.1, 0.15) is 49.6 Å². The first kappa shape index (κ1) is 16.2. The standard InChI is InChI=1S/C15H24BrN5/c1-5-10-8-13(20(4)18-10)11(17)9-14-15(16)12(6-2)19-21(14)7-3/h8,11H,5-7,9,17H2,1-4H3. The monoisotopic (exact) mass is 353 g/mol. The van der Waals surface area contributed by atoms with E-state index in [1.807, 2.05) is 16.4 Å². The van der Waals surface area contributed by atoms with E-state index in [-0.39, 0.29) is 6.04 Å². The minimum absolute atomic E-state index is 0.0780. The van der Waals surface area contributed by atoms with Crippen LogP contribution < -0.4 is 5.73 Å². The van der Waals surface area contributed by atoms with Crippen molar-refractivity contribution in [1.82, 2.24) is 19.6 Å². The lowest BCUT2D eigenvalue weighted by Crippen LogP contribution is -2.19. The maximum absolute atomic E-state index is 6.42. The van der Waals surface area contributed by atoms with Crippen LogP contribution in [-0.4, -0.2) is 19.6 Å². The first-order valence-electron chi connectivity index (χ1n) is 7.54. The SMILES string of the molecule is CCc1cc(C(N)Cc2c(Br)c(CC)nn2CC)n(C)n1. The van der Waals surface area contributed by atoms with Gasteiger partial charge in [-0.1, -0.05) is 13.8 Å². The number of rotatable bonds is 6. The number of hydrogen-bond acceptors (Lipinski definition) is 3. The lowest BCUT2D eigenvalue weighted by atomic mass is 10.1. The third-order valence-corrected chi connectivity index (χ3v) is 4.73. The summed E-state index contributed by atoms with van der Waals surface area (Å²) in [6.45, 7) is 7.18. The number of aromatic nitrogens is 4. The zero-order valence-corrected chi connectivity index (χ0v) is 14.8. The smallest absolute Gasteiger partial charge is 0.0766 e. The molecule has 6 heteroatoms. The second-order valence-corrected chi connectivity index (χ2v) is 6.02. The molecule has 0 bridgehead atoms. The molecule has 0 aliphatic heterocycles. The van der Waals surface area contributed by atoms with Crippen LogP contribution in [0.3, 0.4) is 0 Å². The Morgan fingerprint density at radius 3 is 2.48 bits per heavy atom. The van der Waals surface area contributed by atoms with Crippen LogP contribution >= 0.6 is 15.9 Å². The van der Waals surface area contributed by atoms with Gasteiger partial charge in [0.2, 0.25) is 0 Å². The van der Waals surface area contributed by atoms with E-state index in [0.29, 0.717) is 0 Å². The minimum atomic E-state index is -0.0780. The first-order chi connectivity index (χ1) is 10.0. The Hall–Kier alpha value is -1.14. The second-order valence-electron chi connectivity index (χ2n) is 5.23. The molecule has 0 aliphatic rings. The van der Waals surface area contributed by atoms with Crippen LogP contribution in [-0.2, 0) is 32.9 Å². The number of aryl methyl sites for hydroxylation is 4. The third-order valence-electron chi connectivity index (χ3n) is 3.82. The molecule has 5 nitrogen and oxygen atoms in total. The molecule has 0 spiro atoms. The van der Waals surface area contributed by atoms with E-state index in [4.69, 9.17) is 5.73 Å². The molecule has 0 aliphatic carbocycles. The molecule has 2 rings (SSSR count). The maximum Gasteiger partial charge on any atom is 0.0766 e. The van der Waals surface area contributed by atoms with Gasteiger partial charge in [-0.3, -0.25) is 9.36 Å².